The fourth-order valence-corrected chi connectivity index (χ4v) is 1.18. The third-order valence-electron chi connectivity index (χ3n) is 1.60. The molecule has 0 aromatic heterocycles. The number of rotatable bonds is 4. The van der Waals surface area contributed by atoms with Crippen molar-refractivity contribution in [1.29, 1.82) is 0 Å². The summed E-state index contributed by atoms with van der Waals surface area (Å²) in [4.78, 5) is 0. The van der Waals surface area contributed by atoms with Crippen LogP contribution in [0.1, 0.15) is 0 Å². The largest absolute Gasteiger partial charge is 0.493 e. The fraction of sp³-hybridized carbons (Fsp3) is 0.200. The van der Waals surface area contributed by atoms with E-state index in [9.17, 15) is 0 Å². The first-order valence-corrected chi connectivity index (χ1v) is 4.48. The topological polar surface area (TPSA) is 27.7 Å². The van der Waals surface area contributed by atoms with Gasteiger partial charge in [0.05, 0.1) is 19.6 Å². The molecule has 0 saturated carbocycles. The molecule has 3 nitrogen and oxygen atoms in total. The normalized spacial score (nSPS) is 9.36. The van der Waals surface area contributed by atoms with Gasteiger partial charge in [-0.2, -0.15) is 0 Å². The summed E-state index contributed by atoms with van der Waals surface area (Å²) in [6, 6.07) is 5.38. The van der Waals surface area contributed by atoms with Crippen LogP contribution in [0.4, 0.5) is 0 Å². The summed E-state index contributed by atoms with van der Waals surface area (Å²) in [5.41, 5.74) is 0. The van der Waals surface area contributed by atoms with Crippen LogP contribution in [0.25, 0.3) is 0 Å². The van der Waals surface area contributed by atoms with Crippen molar-refractivity contribution < 1.29 is 14.2 Å². The van der Waals surface area contributed by atoms with Crippen molar-refractivity contribution in [1.82, 2.24) is 0 Å². The molecule has 0 aliphatic carbocycles. The van der Waals surface area contributed by atoms with Crippen LogP contribution in [-0.2, 0) is 0 Å². The van der Waals surface area contributed by atoms with E-state index in [1.165, 1.54) is 0 Å². The van der Waals surface area contributed by atoms with Crippen molar-refractivity contribution >= 4 is 10.2 Å². The highest BCUT2D eigenvalue weighted by molar-refractivity contribution is 6.20. The molecular weight excluding hydrogens is 196 g/mol. The van der Waals surface area contributed by atoms with Crippen LogP contribution >= 0.6 is 0 Å². The molecule has 1 aromatic carbocycles. The Hall–Kier alpha value is -1.42. The van der Waals surface area contributed by atoms with Gasteiger partial charge in [0, 0.05) is 0 Å². The summed E-state index contributed by atoms with van der Waals surface area (Å²) >= 11 is 0. The zero-order chi connectivity index (χ0) is 10.6. The Morgan fingerprint density at radius 3 is 2.36 bits per heavy atom. The molecule has 0 saturated heterocycles. The lowest BCUT2D eigenvalue weighted by molar-refractivity contribution is 0.334. The van der Waals surface area contributed by atoms with E-state index in [1.54, 1.807) is 26.4 Å². The summed E-state index contributed by atoms with van der Waals surface area (Å²) < 4.78 is 15.6. The van der Waals surface area contributed by atoms with E-state index in [-0.39, 0.29) is 0 Å². The zero-order valence-electron chi connectivity index (χ0n) is 8.16. The molecule has 0 atom stereocenters. The Balaban J connectivity index is 3.08. The molecule has 0 heterocycles. The minimum absolute atomic E-state index is 0.413. The molecule has 0 bridgehead atoms. The highest BCUT2D eigenvalue weighted by atomic mass is 28.1. The first-order valence-electron chi connectivity index (χ1n) is 3.98. The van der Waals surface area contributed by atoms with Crippen LogP contribution in [-0.4, -0.2) is 24.5 Å². The van der Waals surface area contributed by atoms with Crippen molar-refractivity contribution in [3.63, 3.8) is 0 Å². The predicted octanol–water partition coefficient (Wildman–Crippen LogP) is 1.72. The van der Waals surface area contributed by atoms with Crippen molar-refractivity contribution in [2.75, 3.05) is 14.2 Å². The van der Waals surface area contributed by atoms with Gasteiger partial charge >= 0.3 is 0 Å². The molecule has 73 valence electrons. The maximum absolute atomic E-state index is 5.29. The van der Waals surface area contributed by atoms with Gasteiger partial charge in [-0.3, -0.25) is 0 Å². The van der Waals surface area contributed by atoms with Crippen LogP contribution in [0.3, 0.4) is 0 Å². The Kier molecular flexibility index (Phi) is 3.59. The average molecular weight is 207 g/mol. The van der Waals surface area contributed by atoms with Crippen molar-refractivity contribution in [3.8, 4) is 17.2 Å². The Morgan fingerprint density at radius 2 is 1.86 bits per heavy atom. The quantitative estimate of drug-likeness (QED) is 0.556. The summed E-state index contributed by atoms with van der Waals surface area (Å²) in [5, 5.41) is 0.413. The van der Waals surface area contributed by atoms with E-state index < -0.39 is 0 Å². The summed E-state index contributed by atoms with van der Waals surface area (Å²) in [6.07, 6.45) is 0. The molecule has 0 fully saturated rings. The Bertz CT molecular complexity index is 336. The summed E-state index contributed by atoms with van der Waals surface area (Å²) in [6.45, 7) is 3.58. The third kappa shape index (κ3) is 2.29. The molecule has 14 heavy (non-hydrogen) atoms. The van der Waals surface area contributed by atoms with Crippen LogP contribution in [0.15, 0.2) is 30.2 Å². The standard InChI is InChI=1S/C10H11O3Si/c1-7(14)13-9-6-4-5-8(11-2)10(9)12-3/h4-6H,1H2,2-3H3. The van der Waals surface area contributed by atoms with Gasteiger partial charge in [-0.1, -0.05) is 12.6 Å². The Labute approximate surface area is 86.7 Å². The third-order valence-corrected chi connectivity index (χ3v) is 1.70. The first-order chi connectivity index (χ1) is 6.69. The average Bonchev–Trinajstić information content (AvgIpc) is 2.16. The van der Waals surface area contributed by atoms with Gasteiger partial charge in [-0.05, 0) is 12.1 Å². The van der Waals surface area contributed by atoms with Gasteiger partial charge in [-0.25, -0.2) is 0 Å². The molecule has 0 N–H and O–H groups in total. The number of hydrogen-bond donors (Lipinski definition) is 0. The first kappa shape index (κ1) is 10.7. The van der Waals surface area contributed by atoms with E-state index >= 15 is 0 Å². The number of hydrogen-bond acceptors (Lipinski definition) is 3. The van der Waals surface area contributed by atoms with Crippen molar-refractivity contribution in [3.05, 3.63) is 30.2 Å². The van der Waals surface area contributed by atoms with Gasteiger partial charge in [0.15, 0.2) is 11.5 Å². The molecule has 1 rings (SSSR count). The fourth-order valence-electron chi connectivity index (χ4n) is 1.07. The van der Waals surface area contributed by atoms with E-state index in [4.69, 9.17) is 14.2 Å². The van der Waals surface area contributed by atoms with Gasteiger partial charge in [0.2, 0.25) is 5.75 Å². The number of benzene rings is 1. The second kappa shape index (κ2) is 4.71. The lowest BCUT2D eigenvalue weighted by atomic mass is 10.3. The predicted molar refractivity (Wildman–Crippen MR) is 55.1 cm³/mol. The van der Waals surface area contributed by atoms with Crippen molar-refractivity contribution in [2.24, 2.45) is 0 Å². The summed E-state index contributed by atoms with van der Waals surface area (Å²) in [7, 11) is 6.29. The number of para-hydroxylation sites is 1. The molecule has 1 aromatic rings. The maximum Gasteiger partial charge on any atom is 0.203 e. The molecule has 0 spiro atoms. The Morgan fingerprint density at radius 1 is 1.21 bits per heavy atom. The van der Waals surface area contributed by atoms with E-state index in [2.05, 4.69) is 16.8 Å². The van der Waals surface area contributed by atoms with E-state index in [0.29, 0.717) is 22.6 Å². The number of ether oxygens (including phenoxy) is 3. The lowest BCUT2D eigenvalue weighted by Gasteiger charge is -2.12. The molecule has 0 amide bonds. The minimum Gasteiger partial charge on any atom is -0.493 e. The van der Waals surface area contributed by atoms with Crippen molar-refractivity contribution in [2.45, 2.75) is 0 Å². The van der Waals surface area contributed by atoms with Gasteiger partial charge < -0.3 is 14.2 Å². The van der Waals surface area contributed by atoms with Crippen LogP contribution in [0.2, 0.25) is 0 Å². The zero-order valence-corrected chi connectivity index (χ0v) is 9.16. The number of methoxy groups -OCH3 is 2. The van der Waals surface area contributed by atoms with Gasteiger partial charge in [0.1, 0.15) is 10.2 Å². The van der Waals surface area contributed by atoms with Gasteiger partial charge in [0.25, 0.3) is 0 Å². The molecule has 0 unspecified atom stereocenters. The van der Waals surface area contributed by atoms with Crippen LogP contribution < -0.4 is 14.2 Å². The smallest absolute Gasteiger partial charge is 0.203 e. The summed E-state index contributed by atoms with van der Waals surface area (Å²) in [5.74, 6) is 1.74. The second-order valence-corrected chi connectivity index (χ2v) is 3.07. The molecule has 0 aliphatic rings. The van der Waals surface area contributed by atoms with E-state index in [1.807, 2.05) is 6.07 Å². The molecule has 0 aliphatic heterocycles. The highest BCUT2D eigenvalue weighted by Crippen LogP contribution is 2.36. The minimum atomic E-state index is 0.413. The SMILES string of the molecule is C=C([Si])Oc1cccc(OC)c1OC. The molecular formula is C10H11O3Si. The monoisotopic (exact) mass is 207 g/mol. The van der Waals surface area contributed by atoms with Gasteiger partial charge in [-0.15, -0.1) is 0 Å². The van der Waals surface area contributed by atoms with Crippen LogP contribution in [0.5, 0.6) is 17.2 Å². The van der Waals surface area contributed by atoms with Crippen LogP contribution in [0, 0.1) is 0 Å². The lowest BCUT2D eigenvalue weighted by Crippen LogP contribution is -1.97. The van der Waals surface area contributed by atoms with E-state index in [0.717, 1.165) is 0 Å². The highest BCUT2D eigenvalue weighted by Gasteiger charge is 2.10. The second-order valence-electron chi connectivity index (χ2n) is 2.52. The maximum atomic E-state index is 5.29. The molecule has 4 heteroatoms. The molecule has 3 radical (unpaired) electrons.